The highest BCUT2D eigenvalue weighted by Gasteiger charge is 2.24. The quantitative estimate of drug-likeness (QED) is 0.876. The van der Waals surface area contributed by atoms with Crippen LogP contribution in [0.3, 0.4) is 0 Å². The molecule has 2 rings (SSSR count). The molecule has 1 aromatic rings. The summed E-state index contributed by atoms with van der Waals surface area (Å²) in [5, 5.41) is 7.09. The molecule has 18 heavy (non-hydrogen) atoms. The van der Waals surface area contributed by atoms with Crippen molar-refractivity contribution in [3.05, 3.63) is 28.2 Å². The molecule has 2 unspecified atom stereocenters. The SMILES string of the molecule is CC1CCNC(C(=O)Nc2cc(Cl)ccc2Cl)C1. The van der Waals surface area contributed by atoms with E-state index in [1.54, 1.807) is 18.2 Å². The maximum atomic E-state index is 12.1. The van der Waals surface area contributed by atoms with Gasteiger partial charge in [-0.1, -0.05) is 30.1 Å². The number of amides is 1. The van der Waals surface area contributed by atoms with Gasteiger partial charge in [0.1, 0.15) is 0 Å². The van der Waals surface area contributed by atoms with Crippen LogP contribution < -0.4 is 10.6 Å². The molecule has 0 radical (unpaired) electrons. The predicted molar refractivity (Wildman–Crippen MR) is 75.3 cm³/mol. The van der Waals surface area contributed by atoms with Gasteiger partial charge in [0.2, 0.25) is 5.91 Å². The predicted octanol–water partition coefficient (Wildman–Crippen LogP) is 3.32. The Hall–Kier alpha value is -0.770. The second-order valence-corrected chi connectivity index (χ2v) is 5.59. The summed E-state index contributed by atoms with van der Waals surface area (Å²) in [4.78, 5) is 12.1. The van der Waals surface area contributed by atoms with E-state index >= 15 is 0 Å². The van der Waals surface area contributed by atoms with Crippen LogP contribution in [0.5, 0.6) is 0 Å². The summed E-state index contributed by atoms with van der Waals surface area (Å²) in [6.45, 7) is 3.04. The van der Waals surface area contributed by atoms with Gasteiger partial charge in [0.15, 0.2) is 0 Å². The number of piperidine rings is 1. The number of hydrogen-bond acceptors (Lipinski definition) is 2. The van der Waals surface area contributed by atoms with Gasteiger partial charge < -0.3 is 10.6 Å². The summed E-state index contributed by atoms with van der Waals surface area (Å²) in [6.07, 6.45) is 1.96. The first-order valence-electron chi connectivity index (χ1n) is 6.05. The minimum atomic E-state index is -0.149. The molecule has 1 aliphatic heterocycles. The molecular formula is C13H16Cl2N2O. The van der Waals surface area contributed by atoms with Gasteiger partial charge in [-0.2, -0.15) is 0 Å². The molecule has 1 heterocycles. The van der Waals surface area contributed by atoms with Crippen molar-refractivity contribution in [3.63, 3.8) is 0 Å². The van der Waals surface area contributed by atoms with E-state index in [0.717, 1.165) is 19.4 Å². The second-order valence-electron chi connectivity index (χ2n) is 4.75. The average molecular weight is 287 g/mol. The van der Waals surface area contributed by atoms with Gasteiger partial charge in [0, 0.05) is 5.02 Å². The molecule has 0 spiro atoms. The van der Waals surface area contributed by atoms with Crippen LogP contribution in [0.15, 0.2) is 18.2 Å². The molecule has 5 heteroatoms. The first kappa shape index (κ1) is 13.7. The zero-order valence-electron chi connectivity index (χ0n) is 10.2. The molecule has 0 aromatic heterocycles. The molecule has 1 aromatic carbocycles. The van der Waals surface area contributed by atoms with Crippen LogP contribution in [0.1, 0.15) is 19.8 Å². The first-order chi connectivity index (χ1) is 8.56. The van der Waals surface area contributed by atoms with Crippen LogP contribution >= 0.6 is 23.2 Å². The third-order valence-corrected chi connectivity index (χ3v) is 3.73. The highest BCUT2D eigenvalue weighted by atomic mass is 35.5. The van der Waals surface area contributed by atoms with E-state index in [9.17, 15) is 4.79 Å². The van der Waals surface area contributed by atoms with E-state index < -0.39 is 0 Å². The van der Waals surface area contributed by atoms with E-state index in [1.807, 2.05) is 0 Å². The third-order valence-electron chi connectivity index (χ3n) is 3.17. The molecule has 1 amide bonds. The van der Waals surface area contributed by atoms with Gasteiger partial charge in [-0.25, -0.2) is 0 Å². The molecule has 2 N–H and O–H groups in total. The molecular weight excluding hydrogens is 271 g/mol. The second kappa shape index (κ2) is 5.91. The van der Waals surface area contributed by atoms with Crippen molar-refractivity contribution < 1.29 is 4.79 Å². The molecule has 2 atom stereocenters. The number of hydrogen-bond donors (Lipinski definition) is 2. The number of benzene rings is 1. The van der Waals surface area contributed by atoms with Crippen molar-refractivity contribution in [2.75, 3.05) is 11.9 Å². The normalized spacial score (nSPS) is 23.7. The number of anilines is 1. The van der Waals surface area contributed by atoms with E-state index in [2.05, 4.69) is 17.6 Å². The zero-order chi connectivity index (χ0) is 13.1. The molecule has 1 saturated heterocycles. The highest BCUT2D eigenvalue weighted by Crippen LogP contribution is 2.26. The van der Waals surface area contributed by atoms with Gasteiger partial charge in [0.05, 0.1) is 16.8 Å². The lowest BCUT2D eigenvalue weighted by molar-refractivity contribution is -0.119. The summed E-state index contributed by atoms with van der Waals surface area (Å²) >= 11 is 11.9. The molecule has 1 fully saturated rings. The van der Waals surface area contributed by atoms with Gasteiger partial charge >= 0.3 is 0 Å². The van der Waals surface area contributed by atoms with Crippen LogP contribution in [0, 0.1) is 5.92 Å². The lowest BCUT2D eigenvalue weighted by Gasteiger charge is -2.27. The van der Waals surface area contributed by atoms with E-state index in [1.165, 1.54) is 0 Å². The average Bonchev–Trinajstić information content (AvgIpc) is 2.34. The van der Waals surface area contributed by atoms with Crippen LogP contribution in [0.25, 0.3) is 0 Å². The van der Waals surface area contributed by atoms with Gasteiger partial charge in [0.25, 0.3) is 0 Å². The molecule has 1 aliphatic rings. The van der Waals surface area contributed by atoms with Crippen molar-refractivity contribution in [1.82, 2.24) is 5.32 Å². The Balaban J connectivity index is 2.04. The molecule has 0 bridgehead atoms. The summed E-state index contributed by atoms with van der Waals surface area (Å²) in [6, 6.07) is 4.88. The Bertz CT molecular complexity index is 451. The Morgan fingerprint density at radius 1 is 1.44 bits per heavy atom. The third kappa shape index (κ3) is 3.37. The van der Waals surface area contributed by atoms with Crippen molar-refractivity contribution in [3.8, 4) is 0 Å². The number of carbonyl (C=O) groups excluding carboxylic acids is 1. The summed E-state index contributed by atoms with van der Waals surface area (Å²) in [7, 11) is 0. The van der Waals surface area contributed by atoms with Crippen LogP contribution in [-0.2, 0) is 4.79 Å². The van der Waals surface area contributed by atoms with Crippen molar-refractivity contribution in [2.45, 2.75) is 25.8 Å². The smallest absolute Gasteiger partial charge is 0.241 e. The minimum Gasteiger partial charge on any atom is -0.323 e. The molecule has 3 nitrogen and oxygen atoms in total. The highest BCUT2D eigenvalue weighted by molar-refractivity contribution is 6.35. The maximum Gasteiger partial charge on any atom is 0.241 e. The van der Waals surface area contributed by atoms with E-state index in [0.29, 0.717) is 21.7 Å². The van der Waals surface area contributed by atoms with E-state index in [4.69, 9.17) is 23.2 Å². The number of rotatable bonds is 2. The topological polar surface area (TPSA) is 41.1 Å². The lowest BCUT2D eigenvalue weighted by atomic mass is 9.94. The summed E-state index contributed by atoms with van der Waals surface area (Å²) in [5.74, 6) is 0.516. The first-order valence-corrected chi connectivity index (χ1v) is 6.81. The number of carbonyl (C=O) groups is 1. The van der Waals surface area contributed by atoms with Gasteiger partial charge in [-0.05, 0) is 43.5 Å². The fourth-order valence-electron chi connectivity index (χ4n) is 2.12. The zero-order valence-corrected chi connectivity index (χ0v) is 11.7. The number of nitrogens with one attached hydrogen (secondary N) is 2. The van der Waals surface area contributed by atoms with Crippen molar-refractivity contribution in [2.24, 2.45) is 5.92 Å². The Kier molecular flexibility index (Phi) is 4.49. The Morgan fingerprint density at radius 2 is 2.22 bits per heavy atom. The van der Waals surface area contributed by atoms with Crippen LogP contribution in [0.2, 0.25) is 10.0 Å². The van der Waals surface area contributed by atoms with Crippen molar-refractivity contribution >= 4 is 34.8 Å². The molecule has 98 valence electrons. The van der Waals surface area contributed by atoms with Gasteiger partial charge in [-0.15, -0.1) is 0 Å². The monoisotopic (exact) mass is 286 g/mol. The van der Waals surface area contributed by atoms with Crippen LogP contribution in [-0.4, -0.2) is 18.5 Å². The molecule has 0 saturated carbocycles. The Morgan fingerprint density at radius 3 is 2.94 bits per heavy atom. The number of halogens is 2. The Labute approximate surface area is 117 Å². The van der Waals surface area contributed by atoms with Gasteiger partial charge in [-0.3, -0.25) is 4.79 Å². The fraction of sp³-hybridized carbons (Fsp3) is 0.462. The van der Waals surface area contributed by atoms with Crippen LogP contribution in [0.4, 0.5) is 5.69 Å². The molecule has 0 aliphatic carbocycles. The largest absolute Gasteiger partial charge is 0.323 e. The summed E-state index contributed by atoms with van der Waals surface area (Å²) in [5.41, 5.74) is 0.564. The van der Waals surface area contributed by atoms with Crippen molar-refractivity contribution in [1.29, 1.82) is 0 Å². The van der Waals surface area contributed by atoms with E-state index in [-0.39, 0.29) is 11.9 Å². The fourth-order valence-corrected chi connectivity index (χ4v) is 2.46. The minimum absolute atomic E-state index is 0.0503. The summed E-state index contributed by atoms with van der Waals surface area (Å²) < 4.78 is 0. The lowest BCUT2D eigenvalue weighted by Crippen LogP contribution is -2.45. The standard InChI is InChI=1S/C13H16Cl2N2O/c1-8-4-5-16-12(6-8)13(18)17-11-7-9(14)2-3-10(11)15/h2-3,7-8,12,16H,4-6H2,1H3,(H,17,18). The maximum absolute atomic E-state index is 12.1.